The van der Waals surface area contributed by atoms with Crippen molar-refractivity contribution in [1.82, 2.24) is 10.6 Å². The van der Waals surface area contributed by atoms with E-state index in [1.807, 2.05) is 10.6 Å². The van der Waals surface area contributed by atoms with E-state index < -0.39 is 77.5 Å². The predicted molar refractivity (Wildman–Crippen MR) is 136 cm³/mol. The second-order valence-corrected chi connectivity index (χ2v) is 10.1. The fourth-order valence-electron chi connectivity index (χ4n) is 3.54. The number of hydrogen-bond acceptors (Lipinski definition) is 2. The molecule has 0 saturated heterocycles. The summed E-state index contributed by atoms with van der Waals surface area (Å²) in [7, 11) is 0. The van der Waals surface area contributed by atoms with Crippen molar-refractivity contribution in [2.24, 2.45) is 0 Å². The van der Waals surface area contributed by atoms with E-state index in [9.17, 15) is 44.7 Å². The van der Waals surface area contributed by atoms with Gasteiger partial charge in [-0.2, -0.15) is 26.3 Å². The van der Waals surface area contributed by atoms with Crippen molar-refractivity contribution >= 4 is 52.4 Å². The molecule has 0 saturated carbocycles. The minimum absolute atomic E-state index is 0.154. The monoisotopic (exact) mass is 656 g/mol. The van der Waals surface area contributed by atoms with Gasteiger partial charge in [-0.1, -0.05) is 40.9 Å². The van der Waals surface area contributed by atoms with Crippen molar-refractivity contribution in [1.29, 1.82) is 0 Å². The predicted octanol–water partition coefficient (Wildman–Crippen LogP) is 8.95. The highest BCUT2D eigenvalue weighted by molar-refractivity contribution is 6.48. The van der Waals surface area contributed by atoms with Crippen LogP contribution in [-0.4, -0.2) is 30.1 Å². The summed E-state index contributed by atoms with van der Waals surface area (Å²) < 4.78 is 122. The lowest BCUT2D eigenvalue weighted by Crippen LogP contribution is -2.46. The van der Waals surface area contributed by atoms with Crippen LogP contribution in [0.1, 0.15) is 59.7 Å². The number of alkyl halides is 8. The maximum atomic E-state index is 15.1. The van der Waals surface area contributed by atoms with Gasteiger partial charge in [-0.25, -0.2) is 13.2 Å². The molecule has 1 unspecified atom stereocenters. The molecule has 2 aromatic rings. The Labute approximate surface area is 242 Å². The molecular formula is C25H20Cl3F9N2O2. The molecule has 0 aliphatic heterocycles. The normalized spacial score (nSPS) is 14.4. The summed E-state index contributed by atoms with van der Waals surface area (Å²) in [6.07, 6.45) is -13.3. The van der Waals surface area contributed by atoms with Crippen LogP contribution in [0.25, 0.3) is 5.83 Å². The minimum Gasteiger partial charge on any atom is -0.336 e. The molecule has 226 valence electrons. The number of hydrogen-bond donors (Lipinski definition) is 2. The van der Waals surface area contributed by atoms with Crippen LogP contribution in [0.5, 0.6) is 0 Å². The van der Waals surface area contributed by atoms with Gasteiger partial charge >= 0.3 is 12.4 Å². The standard InChI is InChI=1S/C25H20Cl3F9N2O2/c1-11(38-20(40)5-6-24(32,33)34)39-22(41)14-4-3-12(7-16(14)25(35,36)37)19(29)10-15(23(2,30)31)13-8-17(26)21(28)18(27)9-13/h3-4,7-11,15H,5-6H2,1-2H3,(H,38,40)(H,39,41)/b19-10-/t11-,15?/m1/s1. The Morgan fingerprint density at radius 2 is 1.49 bits per heavy atom. The number of rotatable bonds is 9. The van der Waals surface area contributed by atoms with Crippen LogP contribution in [0, 0.1) is 0 Å². The van der Waals surface area contributed by atoms with Gasteiger partial charge in [0.25, 0.3) is 11.8 Å². The van der Waals surface area contributed by atoms with Crippen molar-refractivity contribution in [2.75, 3.05) is 0 Å². The molecule has 0 aliphatic rings. The van der Waals surface area contributed by atoms with E-state index in [2.05, 4.69) is 0 Å². The minimum atomic E-state index is -5.23. The van der Waals surface area contributed by atoms with Crippen LogP contribution in [0.2, 0.25) is 15.1 Å². The highest BCUT2D eigenvalue weighted by Crippen LogP contribution is 2.42. The smallest absolute Gasteiger partial charge is 0.336 e. The third-order valence-corrected chi connectivity index (χ3v) is 6.63. The molecule has 0 aliphatic carbocycles. The van der Waals surface area contributed by atoms with Crippen LogP contribution >= 0.6 is 34.8 Å². The van der Waals surface area contributed by atoms with Crippen molar-refractivity contribution in [3.63, 3.8) is 0 Å². The average molecular weight is 658 g/mol. The van der Waals surface area contributed by atoms with Gasteiger partial charge in [0.15, 0.2) is 0 Å². The molecule has 0 aromatic heterocycles. The Hall–Kier alpha value is -2.64. The van der Waals surface area contributed by atoms with E-state index in [1.54, 1.807) is 0 Å². The number of amides is 2. The zero-order valence-corrected chi connectivity index (χ0v) is 23.2. The van der Waals surface area contributed by atoms with Crippen LogP contribution in [0.3, 0.4) is 0 Å². The topological polar surface area (TPSA) is 58.2 Å². The molecule has 0 heterocycles. The number of halogens is 12. The van der Waals surface area contributed by atoms with E-state index >= 15 is 4.39 Å². The first-order valence-corrected chi connectivity index (χ1v) is 12.5. The summed E-state index contributed by atoms with van der Waals surface area (Å²) in [4.78, 5) is 24.1. The van der Waals surface area contributed by atoms with E-state index in [-0.39, 0.29) is 26.7 Å². The summed E-state index contributed by atoms with van der Waals surface area (Å²) >= 11 is 17.6. The Morgan fingerprint density at radius 3 is 1.98 bits per heavy atom. The first kappa shape index (κ1) is 34.6. The maximum Gasteiger partial charge on any atom is 0.417 e. The highest BCUT2D eigenvalue weighted by atomic mass is 35.5. The van der Waals surface area contributed by atoms with Gasteiger partial charge in [-0.3, -0.25) is 9.59 Å². The third-order valence-electron chi connectivity index (χ3n) is 5.43. The molecule has 0 bridgehead atoms. The van der Waals surface area contributed by atoms with Crippen molar-refractivity contribution < 1.29 is 49.1 Å². The quantitative estimate of drug-likeness (QED) is 0.161. The van der Waals surface area contributed by atoms with Crippen molar-refractivity contribution in [3.05, 3.63) is 73.7 Å². The fraction of sp³-hybridized carbons (Fsp3) is 0.360. The van der Waals surface area contributed by atoms with Gasteiger partial charge in [0.1, 0.15) is 5.83 Å². The zero-order chi connectivity index (χ0) is 31.5. The van der Waals surface area contributed by atoms with Gasteiger partial charge in [0.05, 0.1) is 44.7 Å². The van der Waals surface area contributed by atoms with Crippen molar-refractivity contribution in [2.45, 2.75) is 57.0 Å². The summed E-state index contributed by atoms with van der Waals surface area (Å²) in [6, 6.07) is 3.53. The lowest BCUT2D eigenvalue weighted by Gasteiger charge is -2.22. The Kier molecular flexibility index (Phi) is 11.1. The number of allylic oxidation sites excluding steroid dienone is 1. The molecule has 16 heteroatoms. The summed E-state index contributed by atoms with van der Waals surface area (Å²) in [6.45, 7) is 1.53. The van der Waals surface area contributed by atoms with E-state index in [0.29, 0.717) is 19.1 Å². The van der Waals surface area contributed by atoms with E-state index in [1.165, 1.54) is 0 Å². The van der Waals surface area contributed by atoms with Gasteiger partial charge in [0, 0.05) is 18.9 Å². The van der Waals surface area contributed by atoms with Gasteiger partial charge < -0.3 is 10.6 Å². The molecular weight excluding hydrogens is 638 g/mol. The number of nitrogens with one attached hydrogen (secondary N) is 2. The van der Waals surface area contributed by atoms with Crippen LogP contribution in [0.15, 0.2) is 36.4 Å². The molecule has 2 amide bonds. The Balaban J connectivity index is 2.39. The molecule has 2 aromatic carbocycles. The third kappa shape index (κ3) is 10.00. The highest BCUT2D eigenvalue weighted by Gasteiger charge is 2.38. The number of carbonyl (C=O) groups excluding carboxylic acids is 2. The van der Waals surface area contributed by atoms with Crippen LogP contribution < -0.4 is 10.6 Å². The Bertz CT molecular complexity index is 1300. The second kappa shape index (κ2) is 13.1. The molecule has 0 spiro atoms. The number of benzene rings is 2. The van der Waals surface area contributed by atoms with Gasteiger partial charge in [-0.15, -0.1) is 0 Å². The first-order chi connectivity index (χ1) is 18.6. The van der Waals surface area contributed by atoms with Crippen LogP contribution in [-0.2, 0) is 11.0 Å². The molecule has 0 radical (unpaired) electrons. The van der Waals surface area contributed by atoms with Gasteiger partial charge in [0.2, 0.25) is 5.91 Å². The van der Waals surface area contributed by atoms with E-state index in [0.717, 1.165) is 25.1 Å². The average Bonchev–Trinajstić information content (AvgIpc) is 2.82. The summed E-state index contributed by atoms with van der Waals surface area (Å²) in [5.74, 6) is -9.72. The lowest BCUT2D eigenvalue weighted by atomic mass is 9.91. The van der Waals surface area contributed by atoms with Crippen molar-refractivity contribution in [3.8, 4) is 0 Å². The summed E-state index contributed by atoms with van der Waals surface area (Å²) in [5.41, 5.74) is -3.77. The Morgan fingerprint density at radius 1 is 0.927 bits per heavy atom. The molecule has 41 heavy (non-hydrogen) atoms. The fourth-order valence-corrected chi connectivity index (χ4v) is 4.15. The molecule has 2 N–H and O–H groups in total. The zero-order valence-electron chi connectivity index (χ0n) is 20.9. The van der Waals surface area contributed by atoms with Gasteiger partial charge in [-0.05, 0) is 42.8 Å². The number of carbonyl (C=O) groups is 2. The second-order valence-electron chi connectivity index (χ2n) is 8.88. The van der Waals surface area contributed by atoms with E-state index in [4.69, 9.17) is 34.8 Å². The molecule has 2 rings (SSSR count). The largest absolute Gasteiger partial charge is 0.417 e. The SMILES string of the molecule is C[C@H](NC(=O)CCC(F)(F)F)NC(=O)c1ccc(/C(F)=C/C(c2cc(Cl)c(Cl)c(Cl)c2)C(C)(F)F)cc1C(F)(F)F. The van der Waals surface area contributed by atoms with Crippen LogP contribution in [0.4, 0.5) is 39.5 Å². The molecule has 2 atom stereocenters. The lowest BCUT2D eigenvalue weighted by molar-refractivity contribution is -0.144. The summed E-state index contributed by atoms with van der Waals surface area (Å²) in [5, 5.41) is 3.36. The first-order valence-electron chi connectivity index (χ1n) is 11.4. The molecule has 4 nitrogen and oxygen atoms in total. The maximum absolute atomic E-state index is 15.1. The molecule has 0 fully saturated rings.